The maximum absolute atomic E-state index is 12.4. The van der Waals surface area contributed by atoms with Crippen LogP contribution >= 0.6 is 11.8 Å². The first-order valence-electron chi connectivity index (χ1n) is 6.88. The monoisotopic (exact) mass is 335 g/mol. The maximum Gasteiger partial charge on any atom is 0.328 e. The summed E-state index contributed by atoms with van der Waals surface area (Å²) in [5, 5.41) is -0.481. The summed E-state index contributed by atoms with van der Waals surface area (Å²) < 4.78 is 9.73. The third-order valence-corrected chi connectivity index (χ3v) is 4.40. The highest BCUT2D eigenvalue weighted by Gasteiger charge is 2.41. The molecule has 0 aliphatic carbocycles. The van der Waals surface area contributed by atoms with E-state index in [1.807, 2.05) is 19.1 Å². The molecule has 0 aromatic heterocycles. The van der Waals surface area contributed by atoms with Crippen molar-refractivity contribution in [2.24, 2.45) is 0 Å². The summed E-state index contributed by atoms with van der Waals surface area (Å²) in [7, 11) is 2.79. The molecular weight excluding hydrogens is 318 g/mol. The zero-order chi connectivity index (χ0) is 17.1. The number of hydrogen-bond acceptors (Lipinski definition) is 6. The Morgan fingerprint density at radius 1 is 1.30 bits per heavy atom. The molecule has 0 spiro atoms. The van der Waals surface area contributed by atoms with Gasteiger partial charge in [0.2, 0.25) is 0 Å². The fourth-order valence-electron chi connectivity index (χ4n) is 2.17. The molecule has 23 heavy (non-hydrogen) atoms. The number of methoxy groups -OCH3 is 2. The molecule has 0 radical (unpaired) electrons. The highest BCUT2D eigenvalue weighted by Crippen LogP contribution is 2.34. The van der Waals surface area contributed by atoms with Gasteiger partial charge in [-0.2, -0.15) is 0 Å². The molecule has 122 valence electrons. The lowest BCUT2D eigenvalue weighted by Crippen LogP contribution is -2.42. The number of nitrogens with zero attached hydrogens (tertiary/aromatic N) is 1. The summed E-state index contributed by atoms with van der Waals surface area (Å²) in [6.45, 7) is 3.35. The van der Waals surface area contributed by atoms with Crippen LogP contribution in [0.1, 0.15) is 18.1 Å². The van der Waals surface area contributed by atoms with Gasteiger partial charge in [-0.05, 0) is 54.9 Å². The summed E-state index contributed by atoms with van der Waals surface area (Å²) in [4.78, 5) is 37.2. The zero-order valence-corrected chi connectivity index (χ0v) is 14.1. The van der Waals surface area contributed by atoms with Gasteiger partial charge in [0.1, 0.15) is 11.8 Å². The van der Waals surface area contributed by atoms with Crippen molar-refractivity contribution in [1.82, 2.24) is 4.90 Å². The molecule has 0 unspecified atom stereocenters. The fourth-order valence-corrected chi connectivity index (χ4v) is 3.07. The van der Waals surface area contributed by atoms with Crippen LogP contribution in [-0.4, -0.2) is 42.3 Å². The lowest BCUT2D eigenvalue weighted by atomic mass is 10.1. The Kier molecular flexibility index (Phi) is 5.10. The van der Waals surface area contributed by atoms with Gasteiger partial charge in [-0.1, -0.05) is 6.07 Å². The van der Waals surface area contributed by atoms with E-state index in [-0.39, 0.29) is 4.91 Å². The van der Waals surface area contributed by atoms with Crippen molar-refractivity contribution >= 4 is 35.0 Å². The van der Waals surface area contributed by atoms with Gasteiger partial charge in [-0.15, -0.1) is 0 Å². The van der Waals surface area contributed by atoms with Crippen molar-refractivity contribution in [1.29, 1.82) is 0 Å². The number of ether oxygens (including phenoxy) is 2. The molecule has 1 aromatic carbocycles. The van der Waals surface area contributed by atoms with Gasteiger partial charge in [0.15, 0.2) is 0 Å². The second-order valence-electron chi connectivity index (χ2n) is 4.97. The number of carbonyl (C=O) groups excluding carboxylic acids is 3. The summed E-state index contributed by atoms with van der Waals surface area (Å²) in [6.07, 6.45) is 1.64. The number of amides is 2. The van der Waals surface area contributed by atoms with Crippen LogP contribution in [0, 0.1) is 6.92 Å². The number of benzene rings is 1. The molecule has 1 fully saturated rings. The molecule has 1 saturated heterocycles. The minimum absolute atomic E-state index is 0.277. The van der Waals surface area contributed by atoms with Crippen LogP contribution in [0.25, 0.3) is 6.08 Å². The fraction of sp³-hybridized carbons (Fsp3) is 0.312. The van der Waals surface area contributed by atoms with E-state index in [1.54, 1.807) is 19.3 Å². The lowest BCUT2D eigenvalue weighted by Gasteiger charge is -2.18. The van der Waals surface area contributed by atoms with E-state index in [0.717, 1.165) is 27.8 Å². The predicted octanol–water partition coefficient (Wildman–Crippen LogP) is 2.60. The minimum Gasteiger partial charge on any atom is -0.497 e. The Bertz CT molecular complexity index is 698. The van der Waals surface area contributed by atoms with Crippen molar-refractivity contribution in [2.75, 3.05) is 14.2 Å². The molecule has 0 N–H and O–H groups in total. The number of imide groups is 1. The van der Waals surface area contributed by atoms with E-state index in [0.29, 0.717) is 5.75 Å². The second kappa shape index (κ2) is 6.87. The molecule has 0 saturated carbocycles. The van der Waals surface area contributed by atoms with Crippen LogP contribution in [0.15, 0.2) is 23.1 Å². The van der Waals surface area contributed by atoms with E-state index in [9.17, 15) is 14.4 Å². The Labute approximate surface area is 138 Å². The number of esters is 1. The van der Waals surface area contributed by atoms with Gasteiger partial charge in [-0.3, -0.25) is 14.5 Å². The van der Waals surface area contributed by atoms with Crippen LogP contribution in [-0.2, 0) is 14.3 Å². The van der Waals surface area contributed by atoms with Crippen LogP contribution in [0.4, 0.5) is 4.79 Å². The minimum atomic E-state index is -0.949. The highest BCUT2D eigenvalue weighted by atomic mass is 32.2. The molecule has 1 heterocycles. The molecule has 0 bridgehead atoms. The molecule has 1 atom stereocenters. The van der Waals surface area contributed by atoms with Crippen molar-refractivity contribution in [3.63, 3.8) is 0 Å². The van der Waals surface area contributed by atoms with Gasteiger partial charge in [0.25, 0.3) is 11.1 Å². The SMILES string of the molecule is COC(=O)[C@H](C)N1C(=O)S/C(=C\c2ccc(OC)cc2C)C1=O. The average molecular weight is 335 g/mol. The Balaban J connectivity index is 2.30. The van der Waals surface area contributed by atoms with Crippen molar-refractivity contribution in [3.8, 4) is 5.75 Å². The largest absolute Gasteiger partial charge is 0.497 e. The van der Waals surface area contributed by atoms with E-state index >= 15 is 0 Å². The Morgan fingerprint density at radius 2 is 2.00 bits per heavy atom. The first-order valence-corrected chi connectivity index (χ1v) is 7.70. The van der Waals surface area contributed by atoms with Gasteiger partial charge in [0, 0.05) is 0 Å². The number of aryl methyl sites for hydroxylation is 1. The van der Waals surface area contributed by atoms with Crippen molar-refractivity contribution in [2.45, 2.75) is 19.9 Å². The van der Waals surface area contributed by atoms with E-state index in [2.05, 4.69) is 4.74 Å². The first kappa shape index (κ1) is 17.1. The zero-order valence-electron chi connectivity index (χ0n) is 13.3. The molecular formula is C16H17NO5S. The molecule has 1 aliphatic heterocycles. The quantitative estimate of drug-likeness (QED) is 0.622. The van der Waals surface area contributed by atoms with E-state index in [4.69, 9.17) is 4.74 Å². The van der Waals surface area contributed by atoms with Crippen LogP contribution < -0.4 is 4.74 Å². The standard InChI is InChI=1S/C16H17NO5S/c1-9-7-12(21-3)6-5-11(9)8-13-14(18)17(16(20)23-13)10(2)15(19)22-4/h5-8,10H,1-4H3/b13-8-/t10-/m0/s1. The number of rotatable bonds is 4. The summed E-state index contributed by atoms with van der Waals surface area (Å²) in [5.74, 6) is -0.408. The highest BCUT2D eigenvalue weighted by molar-refractivity contribution is 8.18. The van der Waals surface area contributed by atoms with Gasteiger partial charge in [-0.25, -0.2) is 4.79 Å². The second-order valence-corrected chi connectivity index (χ2v) is 5.97. The van der Waals surface area contributed by atoms with E-state index in [1.165, 1.54) is 14.0 Å². The molecule has 1 aromatic rings. The van der Waals surface area contributed by atoms with Crippen molar-refractivity contribution in [3.05, 3.63) is 34.2 Å². The third kappa shape index (κ3) is 3.39. The van der Waals surface area contributed by atoms with Gasteiger partial charge >= 0.3 is 5.97 Å². The smallest absolute Gasteiger partial charge is 0.328 e. The summed E-state index contributed by atoms with van der Waals surface area (Å²) in [5.41, 5.74) is 1.72. The predicted molar refractivity (Wildman–Crippen MR) is 87.0 cm³/mol. The van der Waals surface area contributed by atoms with E-state index < -0.39 is 23.2 Å². The number of hydrogen-bond donors (Lipinski definition) is 0. The van der Waals surface area contributed by atoms with Crippen molar-refractivity contribution < 1.29 is 23.9 Å². The molecule has 1 aliphatic rings. The Hall–Kier alpha value is -2.28. The Morgan fingerprint density at radius 3 is 2.57 bits per heavy atom. The average Bonchev–Trinajstić information content (AvgIpc) is 2.81. The molecule has 2 rings (SSSR count). The van der Waals surface area contributed by atoms with Crippen LogP contribution in [0.5, 0.6) is 5.75 Å². The molecule has 6 nitrogen and oxygen atoms in total. The molecule has 2 amide bonds. The topological polar surface area (TPSA) is 72.9 Å². The maximum atomic E-state index is 12.4. The molecule has 7 heteroatoms. The normalized spacial score (nSPS) is 17.6. The van der Waals surface area contributed by atoms with Gasteiger partial charge in [0.05, 0.1) is 19.1 Å². The first-order chi connectivity index (χ1) is 10.9. The number of carbonyl (C=O) groups is 3. The van der Waals surface area contributed by atoms with Gasteiger partial charge < -0.3 is 9.47 Å². The summed E-state index contributed by atoms with van der Waals surface area (Å²) in [6, 6.07) is 4.48. The van der Waals surface area contributed by atoms with Crippen LogP contribution in [0.3, 0.4) is 0 Å². The lowest BCUT2D eigenvalue weighted by molar-refractivity contribution is -0.148. The number of thioether (sulfide) groups is 1. The third-order valence-electron chi connectivity index (χ3n) is 3.52. The summed E-state index contributed by atoms with van der Waals surface area (Å²) >= 11 is 0.811. The van der Waals surface area contributed by atoms with Crippen LogP contribution in [0.2, 0.25) is 0 Å².